The van der Waals surface area contributed by atoms with Crippen LogP contribution in [0.2, 0.25) is 0 Å². The minimum atomic E-state index is -0.371. The monoisotopic (exact) mass is 481 g/mol. The minimum absolute atomic E-state index is 0.0734. The van der Waals surface area contributed by atoms with Gasteiger partial charge in [0.2, 0.25) is 5.91 Å². The second kappa shape index (κ2) is 11.9. The fourth-order valence-electron chi connectivity index (χ4n) is 5.25. The maximum atomic E-state index is 13.6. The van der Waals surface area contributed by atoms with Gasteiger partial charge in [0.15, 0.2) is 0 Å². The molecule has 7 heteroatoms. The molecule has 2 aliphatic heterocycles. The predicted molar refractivity (Wildman–Crippen MR) is 136 cm³/mol. The number of ether oxygens (including phenoxy) is 2. The van der Waals surface area contributed by atoms with Gasteiger partial charge >= 0.3 is 0 Å². The van der Waals surface area contributed by atoms with Crippen LogP contribution in [0, 0.1) is 5.92 Å². The summed E-state index contributed by atoms with van der Waals surface area (Å²) < 4.78 is 11.8. The second-order valence-corrected chi connectivity index (χ2v) is 9.76. The molecule has 3 N–H and O–H groups in total. The molecule has 4 rings (SSSR count). The van der Waals surface area contributed by atoms with Gasteiger partial charge in [-0.25, -0.2) is 10.9 Å². The molecule has 0 saturated carbocycles. The van der Waals surface area contributed by atoms with Crippen LogP contribution in [0.1, 0.15) is 69.7 Å². The van der Waals surface area contributed by atoms with Crippen LogP contribution in [0.4, 0.5) is 0 Å². The lowest BCUT2D eigenvalue weighted by Gasteiger charge is -2.31. The number of carbonyl (C=O) groups is 1. The number of hydrogen-bond donors (Lipinski definition) is 3. The van der Waals surface area contributed by atoms with Crippen molar-refractivity contribution in [2.75, 3.05) is 19.8 Å². The lowest BCUT2D eigenvalue weighted by Crippen LogP contribution is -2.41. The molecule has 1 amide bonds. The van der Waals surface area contributed by atoms with Gasteiger partial charge in [-0.15, -0.1) is 0 Å². The largest absolute Gasteiger partial charge is 0.508 e. The molecule has 0 aliphatic carbocycles. The first-order valence-corrected chi connectivity index (χ1v) is 12.9. The van der Waals surface area contributed by atoms with E-state index in [1.54, 1.807) is 6.07 Å². The summed E-state index contributed by atoms with van der Waals surface area (Å²) in [4.78, 5) is 15.6. The predicted octanol–water partition coefficient (Wildman–Crippen LogP) is 4.49. The van der Waals surface area contributed by atoms with E-state index in [4.69, 9.17) is 9.47 Å². The second-order valence-electron chi connectivity index (χ2n) is 9.76. The van der Waals surface area contributed by atoms with E-state index in [2.05, 4.69) is 29.9 Å². The molecular weight excluding hydrogens is 442 g/mol. The zero-order chi connectivity index (χ0) is 24.8. The average molecular weight is 482 g/mol. The minimum Gasteiger partial charge on any atom is -0.508 e. The van der Waals surface area contributed by atoms with Crippen molar-refractivity contribution in [2.45, 2.75) is 70.7 Å². The molecule has 4 unspecified atom stereocenters. The average Bonchev–Trinajstić information content (AvgIpc) is 3.39. The van der Waals surface area contributed by atoms with Crippen molar-refractivity contribution in [2.24, 2.45) is 5.92 Å². The van der Waals surface area contributed by atoms with Gasteiger partial charge in [-0.3, -0.25) is 4.79 Å². The first-order valence-electron chi connectivity index (χ1n) is 12.9. The molecule has 2 saturated heterocycles. The Bertz CT molecular complexity index is 982. The van der Waals surface area contributed by atoms with Crippen molar-refractivity contribution >= 4 is 5.91 Å². The Balaban J connectivity index is 1.62. The normalized spacial score (nSPS) is 23.8. The van der Waals surface area contributed by atoms with Crippen molar-refractivity contribution in [1.29, 1.82) is 0 Å². The van der Waals surface area contributed by atoms with E-state index in [1.807, 2.05) is 49.1 Å². The van der Waals surface area contributed by atoms with Crippen LogP contribution in [-0.4, -0.2) is 47.8 Å². The van der Waals surface area contributed by atoms with Crippen LogP contribution < -0.4 is 15.6 Å². The molecule has 2 aromatic rings. The van der Waals surface area contributed by atoms with Gasteiger partial charge in [-0.1, -0.05) is 50.1 Å². The summed E-state index contributed by atoms with van der Waals surface area (Å²) in [7, 11) is 0. The molecule has 2 aromatic carbocycles. The third-order valence-corrected chi connectivity index (χ3v) is 6.90. The maximum Gasteiger partial charge on any atom is 0.242 e. The van der Waals surface area contributed by atoms with Crippen LogP contribution in [0.25, 0.3) is 0 Å². The summed E-state index contributed by atoms with van der Waals surface area (Å²) in [5, 5.41) is 10.6. The SMILES string of the molecule is CCCCCOc1cccc(C2C3C(NNC3c3ccccc3O)C(=O)N2CCCOC(C)C)c1. The topological polar surface area (TPSA) is 83.1 Å². The quantitative estimate of drug-likeness (QED) is 0.388. The molecule has 0 bridgehead atoms. The number of amides is 1. The Morgan fingerprint density at radius 1 is 1.00 bits per heavy atom. The van der Waals surface area contributed by atoms with Crippen molar-refractivity contribution in [1.82, 2.24) is 15.8 Å². The Labute approximate surface area is 208 Å². The van der Waals surface area contributed by atoms with Gasteiger partial charge in [0, 0.05) is 24.6 Å². The number of rotatable bonds is 12. The molecule has 190 valence electrons. The van der Waals surface area contributed by atoms with Crippen molar-refractivity contribution in [3.05, 3.63) is 59.7 Å². The Morgan fingerprint density at radius 2 is 1.80 bits per heavy atom. The molecule has 7 nitrogen and oxygen atoms in total. The summed E-state index contributed by atoms with van der Waals surface area (Å²) in [6.45, 7) is 8.13. The summed E-state index contributed by atoms with van der Waals surface area (Å²) in [6, 6.07) is 14.8. The van der Waals surface area contributed by atoms with Gasteiger partial charge < -0.3 is 19.5 Å². The fourth-order valence-corrected chi connectivity index (χ4v) is 5.25. The Hall–Kier alpha value is -2.61. The van der Waals surface area contributed by atoms with Crippen LogP contribution >= 0.6 is 0 Å². The number of hydrazine groups is 1. The zero-order valence-electron chi connectivity index (χ0n) is 21.1. The number of nitrogens with one attached hydrogen (secondary N) is 2. The van der Waals surface area contributed by atoms with Gasteiger partial charge in [-0.05, 0) is 50.5 Å². The van der Waals surface area contributed by atoms with Crippen LogP contribution in [-0.2, 0) is 9.53 Å². The number of aromatic hydroxyl groups is 1. The van der Waals surface area contributed by atoms with Crippen molar-refractivity contribution < 1.29 is 19.4 Å². The van der Waals surface area contributed by atoms with Gasteiger partial charge in [-0.2, -0.15) is 0 Å². The Kier molecular flexibility index (Phi) is 8.65. The smallest absolute Gasteiger partial charge is 0.242 e. The van der Waals surface area contributed by atoms with Gasteiger partial charge in [0.05, 0.1) is 24.8 Å². The number of para-hydroxylation sites is 1. The molecule has 0 aromatic heterocycles. The van der Waals surface area contributed by atoms with Gasteiger partial charge in [0.25, 0.3) is 0 Å². The molecule has 0 spiro atoms. The highest BCUT2D eigenvalue weighted by Crippen LogP contribution is 2.48. The van der Waals surface area contributed by atoms with E-state index in [1.165, 1.54) is 0 Å². The number of nitrogens with zero attached hydrogens (tertiary/aromatic N) is 1. The van der Waals surface area contributed by atoms with Crippen LogP contribution in [0.3, 0.4) is 0 Å². The molecule has 2 aliphatic rings. The van der Waals surface area contributed by atoms with Gasteiger partial charge in [0.1, 0.15) is 17.5 Å². The number of fused-ring (bicyclic) bond motifs is 1. The van der Waals surface area contributed by atoms with E-state index in [-0.39, 0.29) is 41.8 Å². The fraction of sp³-hybridized carbons (Fsp3) is 0.536. The third kappa shape index (κ3) is 5.80. The van der Waals surface area contributed by atoms with E-state index < -0.39 is 0 Å². The number of unbranched alkanes of at least 4 members (excludes halogenated alkanes) is 2. The maximum absolute atomic E-state index is 13.6. The van der Waals surface area contributed by atoms with Crippen molar-refractivity contribution in [3.8, 4) is 11.5 Å². The Morgan fingerprint density at radius 3 is 2.57 bits per heavy atom. The third-order valence-electron chi connectivity index (χ3n) is 6.90. The highest BCUT2D eigenvalue weighted by atomic mass is 16.5. The van der Waals surface area contributed by atoms with Crippen LogP contribution in [0.15, 0.2) is 48.5 Å². The van der Waals surface area contributed by atoms with Crippen LogP contribution in [0.5, 0.6) is 11.5 Å². The summed E-state index contributed by atoms with van der Waals surface area (Å²) in [5.41, 5.74) is 8.37. The first-order chi connectivity index (χ1) is 17.0. The van der Waals surface area contributed by atoms with E-state index in [0.29, 0.717) is 19.8 Å². The van der Waals surface area contributed by atoms with E-state index in [9.17, 15) is 9.90 Å². The summed E-state index contributed by atoms with van der Waals surface area (Å²) >= 11 is 0. The molecule has 4 atom stereocenters. The number of hydrogen-bond acceptors (Lipinski definition) is 6. The molecule has 0 radical (unpaired) electrons. The highest BCUT2D eigenvalue weighted by molar-refractivity contribution is 5.86. The summed E-state index contributed by atoms with van der Waals surface area (Å²) in [5.74, 6) is 1.05. The molecular formula is C28H39N3O4. The standard InChI is InChI=1S/C28H39N3O4/c1-4-5-8-16-35-21-12-9-11-20(18-21)27-24-25(22-13-6-7-14-23(22)32)29-30-26(24)28(33)31(27)15-10-17-34-19(2)3/h6-7,9,11-14,18-19,24-27,29-30,32H,4-5,8,10,15-17H2,1-3H3. The number of phenols is 1. The van der Waals surface area contributed by atoms with Crippen molar-refractivity contribution in [3.63, 3.8) is 0 Å². The number of benzene rings is 2. The molecule has 35 heavy (non-hydrogen) atoms. The number of carbonyl (C=O) groups excluding carboxylic acids is 1. The van der Waals surface area contributed by atoms with E-state index >= 15 is 0 Å². The molecule has 2 heterocycles. The lowest BCUT2D eigenvalue weighted by molar-refractivity contribution is -0.131. The number of likely N-dealkylation sites (tertiary alicyclic amines) is 1. The molecule has 2 fully saturated rings. The summed E-state index contributed by atoms with van der Waals surface area (Å²) in [6.07, 6.45) is 4.25. The highest BCUT2D eigenvalue weighted by Gasteiger charge is 2.55. The zero-order valence-corrected chi connectivity index (χ0v) is 21.1. The first kappa shape index (κ1) is 25.5. The lowest BCUT2D eigenvalue weighted by atomic mass is 9.83. The number of phenolic OH excluding ortho intramolecular Hbond substituents is 1. The van der Waals surface area contributed by atoms with E-state index in [0.717, 1.165) is 42.6 Å².